The molecule has 1 atom stereocenters. The minimum absolute atomic E-state index is 0.0502. The number of halogens is 1. The van der Waals surface area contributed by atoms with Crippen LogP contribution in [0.25, 0.3) is 11.0 Å². The summed E-state index contributed by atoms with van der Waals surface area (Å²) in [6, 6.07) is 22.2. The molecule has 0 radical (unpaired) electrons. The van der Waals surface area contributed by atoms with Gasteiger partial charge in [-0.3, -0.25) is 4.31 Å². The van der Waals surface area contributed by atoms with Crippen molar-refractivity contribution in [2.45, 2.75) is 4.90 Å². The SMILES string of the molecule is O=S(c1ccccc1)N(CCF)c1ccc(C#Cc2cc3cccnc3[nH]2)cc1. The lowest BCUT2D eigenvalue weighted by Gasteiger charge is -2.22. The smallest absolute Gasteiger partial charge is 0.152 e. The average molecular weight is 403 g/mol. The molecule has 4 aromatic rings. The summed E-state index contributed by atoms with van der Waals surface area (Å²) in [7, 11) is -1.48. The van der Waals surface area contributed by atoms with Crippen LogP contribution >= 0.6 is 0 Å². The van der Waals surface area contributed by atoms with Crippen LogP contribution in [0.2, 0.25) is 0 Å². The fourth-order valence-electron chi connectivity index (χ4n) is 2.92. The van der Waals surface area contributed by atoms with E-state index in [2.05, 4.69) is 21.8 Å². The first-order valence-corrected chi connectivity index (χ1v) is 10.2. The molecule has 2 heterocycles. The number of hydrogen-bond acceptors (Lipinski definition) is 2. The summed E-state index contributed by atoms with van der Waals surface area (Å²) in [4.78, 5) is 8.07. The van der Waals surface area contributed by atoms with Crippen LogP contribution in [0.15, 0.2) is 83.9 Å². The van der Waals surface area contributed by atoms with Crippen molar-refractivity contribution in [3.63, 3.8) is 0 Å². The number of H-pyrrole nitrogens is 1. The number of nitrogens with zero attached hydrogens (tertiary/aromatic N) is 2. The highest BCUT2D eigenvalue weighted by molar-refractivity contribution is 7.86. The number of anilines is 1. The monoisotopic (exact) mass is 403 g/mol. The van der Waals surface area contributed by atoms with Gasteiger partial charge in [-0.2, -0.15) is 0 Å². The molecular weight excluding hydrogens is 385 g/mol. The first-order valence-electron chi connectivity index (χ1n) is 9.11. The second kappa shape index (κ2) is 8.72. The number of nitrogens with one attached hydrogen (secondary N) is 1. The molecule has 6 heteroatoms. The van der Waals surface area contributed by atoms with Crippen molar-refractivity contribution < 1.29 is 8.60 Å². The van der Waals surface area contributed by atoms with Gasteiger partial charge in [-0.1, -0.05) is 24.1 Å². The zero-order valence-electron chi connectivity index (χ0n) is 15.5. The Morgan fingerprint density at radius 3 is 2.52 bits per heavy atom. The van der Waals surface area contributed by atoms with E-state index in [0.29, 0.717) is 10.6 Å². The maximum atomic E-state index is 13.1. The van der Waals surface area contributed by atoms with Crippen LogP contribution in [-0.2, 0) is 11.0 Å². The summed E-state index contributed by atoms with van der Waals surface area (Å²) in [6.45, 7) is -0.539. The number of benzene rings is 2. The molecule has 144 valence electrons. The largest absolute Gasteiger partial charge is 0.333 e. The molecule has 0 fully saturated rings. The van der Waals surface area contributed by atoms with E-state index in [-0.39, 0.29) is 6.54 Å². The molecule has 0 aliphatic rings. The summed E-state index contributed by atoms with van der Waals surface area (Å²) in [5.41, 5.74) is 3.08. The Morgan fingerprint density at radius 1 is 1.00 bits per heavy atom. The second-order valence-corrected chi connectivity index (χ2v) is 7.68. The zero-order valence-corrected chi connectivity index (χ0v) is 16.3. The zero-order chi connectivity index (χ0) is 20.1. The molecule has 1 unspecified atom stereocenters. The van der Waals surface area contributed by atoms with Crippen molar-refractivity contribution in [1.29, 1.82) is 0 Å². The molecule has 0 aliphatic carbocycles. The maximum absolute atomic E-state index is 13.1. The van der Waals surface area contributed by atoms with Gasteiger partial charge in [0.25, 0.3) is 0 Å². The molecule has 0 amide bonds. The van der Waals surface area contributed by atoms with E-state index in [9.17, 15) is 8.60 Å². The van der Waals surface area contributed by atoms with E-state index < -0.39 is 17.7 Å². The third kappa shape index (κ3) is 4.36. The normalized spacial score (nSPS) is 11.6. The molecule has 0 bridgehead atoms. The van der Waals surface area contributed by atoms with Gasteiger partial charge in [-0.05, 0) is 60.5 Å². The number of pyridine rings is 1. The summed E-state index contributed by atoms with van der Waals surface area (Å²) in [5.74, 6) is 6.20. The van der Waals surface area contributed by atoms with Crippen LogP contribution < -0.4 is 4.31 Å². The van der Waals surface area contributed by atoms with Crippen molar-refractivity contribution in [2.75, 3.05) is 17.5 Å². The van der Waals surface area contributed by atoms with Gasteiger partial charge >= 0.3 is 0 Å². The fraction of sp³-hybridized carbons (Fsp3) is 0.0870. The van der Waals surface area contributed by atoms with Crippen LogP contribution in [0.5, 0.6) is 0 Å². The molecule has 2 aromatic heterocycles. The van der Waals surface area contributed by atoms with Crippen LogP contribution in [0, 0.1) is 11.8 Å². The predicted molar refractivity (Wildman–Crippen MR) is 115 cm³/mol. The molecule has 0 saturated carbocycles. The highest BCUT2D eigenvalue weighted by Gasteiger charge is 2.15. The van der Waals surface area contributed by atoms with Crippen LogP contribution in [-0.4, -0.2) is 27.4 Å². The lowest BCUT2D eigenvalue weighted by atomic mass is 10.2. The summed E-state index contributed by atoms with van der Waals surface area (Å²) in [5, 5.41) is 1.01. The molecule has 0 saturated heterocycles. The number of rotatable bonds is 5. The van der Waals surface area contributed by atoms with Gasteiger partial charge in [-0.15, -0.1) is 0 Å². The molecule has 4 nitrogen and oxygen atoms in total. The topological polar surface area (TPSA) is 49.0 Å². The first-order chi connectivity index (χ1) is 14.2. The summed E-state index contributed by atoms with van der Waals surface area (Å²) in [6.07, 6.45) is 1.73. The fourth-order valence-corrected chi connectivity index (χ4v) is 4.12. The van der Waals surface area contributed by atoms with Gasteiger partial charge in [0.2, 0.25) is 0 Å². The number of hydrogen-bond donors (Lipinski definition) is 1. The predicted octanol–water partition coefficient (Wildman–Crippen LogP) is 4.46. The van der Waals surface area contributed by atoms with Crippen molar-refractivity contribution in [3.05, 3.63) is 90.3 Å². The third-order valence-electron chi connectivity index (χ3n) is 4.32. The standard InChI is InChI=1S/C23H18FN3OS/c24-14-16-27(29(28)22-6-2-1-3-7-22)21-12-9-18(10-13-21)8-11-20-17-19-5-4-15-25-23(19)26-20/h1-7,9-10,12-13,15,17H,14,16H2,(H,25,26). The Balaban J connectivity index is 1.55. The minimum atomic E-state index is -1.48. The lowest BCUT2D eigenvalue weighted by Crippen LogP contribution is -2.28. The molecule has 2 aromatic carbocycles. The molecule has 0 aliphatic heterocycles. The van der Waals surface area contributed by atoms with E-state index >= 15 is 0 Å². The maximum Gasteiger partial charge on any atom is 0.152 e. The van der Waals surface area contributed by atoms with Gasteiger partial charge in [0, 0.05) is 22.8 Å². The van der Waals surface area contributed by atoms with Crippen LogP contribution in [0.4, 0.5) is 10.1 Å². The molecule has 0 spiro atoms. The molecular formula is C23H18FN3OS. The lowest BCUT2D eigenvalue weighted by molar-refractivity contribution is 0.504. The summed E-state index contributed by atoms with van der Waals surface area (Å²) < 4.78 is 27.5. The van der Waals surface area contributed by atoms with Gasteiger partial charge in [-0.25, -0.2) is 13.6 Å². The molecule has 4 rings (SSSR count). The number of alkyl halides is 1. The molecule has 29 heavy (non-hydrogen) atoms. The quantitative estimate of drug-likeness (QED) is 0.500. The highest BCUT2D eigenvalue weighted by Crippen LogP contribution is 2.21. The van der Waals surface area contributed by atoms with E-state index in [4.69, 9.17) is 0 Å². The minimum Gasteiger partial charge on any atom is -0.333 e. The van der Waals surface area contributed by atoms with E-state index in [1.807, 2.05) is 60.7 Å². The van der Waals surface area contributed by atoms with Gasteiger partial charge in [0.05, 0.1) is 17.1 Å². The van der Waals surface area contributed by atoms with Gasteiger partial charge < -0.3 is 4.98 Å². The number of aromatic amines is 1. The van der Waals surface area contributed by atoms with Crippen LogP contribution in [0.1, 0.15) is 11.3 Å². The Morgan fingerprint density at radius 2 is 1.79 bits per heavy atom. The second-order valence-electron chi connectivity index (χ2n) is 6.27. The Kier molecular flexibility index (Phi) is 5.68. The van der Waals surface area contributed by atoms with Crippen molar-refractivity contribution in [2.24, 2.45) is 0 Å². The number of fused-ring (bicyclic) bond motifs is 1. The van der Waals surface area contributed by atoms with E-state index in [1.165, 1.54) is 0 Å². The van der Waals surface area contributed by atoms with Crippen molar-refractivity contribution >= 4 is 27.7 Å². The van der Waals surface area contributed by atoms with Gasteiger partial charge in [0.15, 0.2) is 11.0 Å². The van der Waals surface area contributed by atoms with E-state index in [1.54, 1.807) is 22.6 Å². The van der Waals surface area contributed by atoms with E-state index in [0.717, 1.165) is 22.3 Å². The van der Waals surface area contributed by atoms with Crippen LogP contribution in [0.3, 0.4) is 0 Å². The van der Waals surface area contributed by atoms with Gasteiger partial charge in [0.1, 0.15) is 12.3 Å². The Bertz CT molecular complexity index is 1160. The average Bonchev–Trinajstić information content (AvgIpc) is 3.20. The Labute approximate surface area is 171 Å². The Hall–Kier alpha value is -3.43. The summed E-state index contributed by atoms with van der Waals surface area (Å²) >= 11 is 0. The van der Waals surface area contributed by atoms with Crippen molar-refractivity contribution in [3.8, 4) is 11.8 Å². The number of aromatic nitrogens is 2. The third-order valence-corrected chi connectivity index (χ3v) is 5.79. The highest BCUT2D eigenvalue weighted by atomic mass is 32.2. The molecule has 1 N–H and O–H groups in total. The first kappa shape index (κ1) is 18.9. The van der Waals surface area contributed by atoms with Crippen molar-refractivity contribution in [1.82, 2.24) is 9.97 Å².